The van der Waals surface area contributed by atoms with Gasteiger partial charge < -0.3 is 15.2 Å². The van der Waals surface area contributed by atoms with E-state index in [1.54, 1.807) is 0 Å². The number of ether oxygens (including phenoxy) is 2. The number of methoxy groups -OCH3 is 1. The maximum absolute atomic E-state index is 11.4. The Balaban J connectivity index is 2.19. The first kappa shape index (κ1) is 19.0. The molecule has 2 rings (SSSR count). The molecule has 0 aliphatic rings. The molecule has 2 aromatic rings. The third-order valence-corrected chi connectivity index (χ3v) is 4.22. The molecule has 0 saturated carbocycles. The Morgan fingerprint density at radius 1 is 1.12 bits per heavy atom. The summed E-state index contributed by atoms with van der Waals surface area (Å²) in [6.45, 7) is 6.09. The second-order valence-electron chi connectivity index (χ2n) is 6.33. The molecule has 4 heteroatoms. The molecule has 1 unspecified atom stereocenters. The summed E-state index contributed by atoms with van der Waals surface area (Å²) >= 11 is 0. The first-order chi connectivity index (χ1) is 11.9. The van der Waals surface area contributed by atoms with E-state index in [2.05, 4.69) is 13.0 Å². The van der Waals surface area contributed by atoms with Crippen LogP contribution in [0.15, 0.2) is 36.4 Å². The lowest BCUT2D eigenvalue weighted by Gasteiger charge is -2.14. The molecule has 0 fully saturated rings. The minimum Gasteiger partial charge on any atom is -0.469 e. The zero-order valence-electron chi connectivity index (χ0n) is 15.5. The Hall–Kier alpha value is -2.33. The van der Waals surface area contributed by atoms with Crippen molar-refractivity contribution in [1.29, 1.82) is 0 Å². The fraction of sp³-hybridized carbons (Fsp3) is 0.381. The van der Waals surface area contributed by atoms with E-state index >= 15 is 0 Å². The maximum Gasteiger partial charge on any atom is 0.305 e. The normalized spacial score (nSPS) is 11.9. The van der Waals surface area contributed by atoms with Gasteiger partial charge in [0.25, 0.3) is 0 Å². The van der Waals surface area contributed by atoms with Crippen LogP contribution in [0.25, 0.3) is 0 Å². The topological polar surface area (TPSA) is 61.5 Å². The average Bonchev–Trinajstić information content (AvgIpc) is 2.59. The van der Waals surface area contributed by atoms with Crippen LogP contribution in [0.3, 0.4) is 0 Å². The minimum absolute atomic E-state index is 0.0332. The molecule has 0 heterocycles. The molecular formula is C21H27NO3. The standard InChI is InChI=1S/C21H27NO3/c1-5-16-12-19(8-6-17(16)7-9-21(23)24-4)25-20-11-14(2)10-18(13-20)15(3)22/h6,8,10-13,15H,5,7,9,22H2,1-4H3. The monoisotopic (exact) mass is 341 g/mol. The van der Waals surface area contributed by atoms with Crippen LogP contribution in [-0.4, -0.2) is 13.1 Å². The Morgan fingerprint density at radius 2 is 1.88 bits per heavy atom. The second-order valence-corrected chi connectivity index (χ2v) is 6.33. The van der Waals surface area contributed by atoms with E-state index in [1.165, 1.54) is 12.7 Å². The average molecular weight is 341 g/mol. The fourth-order valence-corrected chi connectivity index (χ4v) is 2.81. The predicted octanol–water partition coefficient (Wildman–Crippen LogP) is 4.48. The Bertz CT molecular complexity index is 738. The van der Waals surface area contributed by atoms with E-state index in [4.69, 9.17) is 15.2 Å². The van der Waals surface area contributed by atoms with Crippen molar-refractivity contribution in [2.75, 3.05) is 7.11 Å². The number of rotatable bonds is 7. The summed E-state index contributed by atoms with van der Waals surface area (Å²) in [6, 6.07) is 12.0. The van der Waals surface area contributed by atoms with Crippen molar-refractivity contribution in [3.63, 3.8) is 0 Å². The summed E-state index contributed by atoms with van der Waals surface area (Å²) < 4.78 is 10.8. The second kappa shape index (κ2) is 8.67. The number of hydrogen-bond donors (Lipinski definition) is 1. The quantitative estimate of drug-likeness (QED) is 0.755. The predicted molar refractivity (Wildman–Crippen MR) is 100 cm³/mol. The third-order valence-electron chi connectivity index (χ3n) is 4.22. The summed E-state index contributed by atoms with van der Waals surface area (Å²) in [6.07, 6.45) is 1.95. The molecule has 1 atom stereocenters. The van der Waals surface area contributed by atoms with E-state index < -0.39 is 0 Å². The van der Waals surface area contributed by atoms with Gasteiger partial charge in [0, 0.05) is 12.5 Å². The highest BCUT2D eigenvalue weighted by molar-refractivity contribution is 5.69. The summed E-state index contributed by atoms with van der Waals surface area (Å²) in [5.74, 6) is 1.39. The highest BCUT2D eigenvalue weighted by Crippen LogP contribution is 2.28. The first-order valence-corrected chi connectivity index (χ1v) is 8.66. The van der Waals surface area contributed by atoms with Crippen LogP contribution < -0.4 is 10.5 Å². The van der Waals surface area contributed by atoms with Crippen LogP contribution >= 0.6 is 0 Å². The van der Waals surface area contributed by atoms with Crippen molar-refractivity contribution in [1.82, 2.24) is 0 Å². The molecule has 0 aromatic heterocycles. The molecule has 4 nitrogen and oxygen atoms in total. The van der Waals surface area contributed by atoms with Crippen LogP contribution in [0.4, 0.5) is 0 Å². The number of carbonyl (C=O) groups is 1. The number of esters is 1. The van der Waals surface area contributed by atoms with Crippen molar-refractivity contribution in [3.8, 4) is 11.5 Å². The van der Waals surface area contributed by atoms with Crippen molar-refractivity contribution < 1.29 is 14.3 Å². The molecule has 0 aliphatic carbocycles. The maximum atomic E-state index is 11.4. The highest BCUT2D eigenvalue weighted by Gasteiger charge is 2.09. The number of hydrogen-bond acceptors (Lipinski definition) is 4. The Morgan fingerprint density at radius 3 is 2.52 bits per heavy atom. The Labute approximate surface area is 150 Å². The van der Waals surface area contributed by atoms with Gasteiger partial charge >= 0.3 is 5.97 Å². The summed E-state index contributed by atoms with van der Waals surface area (Å²) in [7, 11) is 1.41. The van der Waals surface area contributed by atoms with Crippen molar-refractivity contribution in [3.05, 3.63) is 58.7 Å². The van der Waals surface area contributed by atoms with Crippen LogP contribution in [-0.2, 0) is 22.4 Å². The number of benzene rings is 2. The summed E-state index contributed by atoms with van der Waals surface area (Å²) in [5, 5.41) is 0. The van der Waals surface area contributed by atoms with Crippen molar-refractivity contribution in [2.24, 2.45) is 5.73 Å². The minimum atomic E-state index is -0.189. The largest absolute Gasteiger partial charge is 0.469 e. The molecule has 0 aliphatic heterocycles. The van der Waals surface area contributed by atoms with E-state index in [1.807, 2.05) is 44.2 Å². The Kier molecular flexibility index (Phi) is 6.59. The molecule has 2 aromatic carbocycles. The third kappa shape index (κ3) is 5.33. The van der Waals surface area contributed by atoms with Gasteiger partial charge in [-0.2, -0.15) is 0 Å². The molecule has 25 heavy (non-hydrogen) atoms. The van der Waals surface area contributed by atoms with Gasteiger partial charge in [0.15, 0.2) is 0 Å². The van der Waals surface area contributed by atoms with Crippen LogP contribution in [0.2, 0.25) is 0 Å². The van der Waals surface area contributed by atoms with Gasteiger partial charge in [0.2, 0.25) is 0 Å². The highest BCUT2D eigenvalue weighted by atomic mass is 16.5. The molecule has 2 N–H and O–H groups in total. The lowest BCUT2D eigenvalue weighted by atomic mass is 10.0. The SMILES string of the molecule is CCc1cc(Oc2cc(C)cc(C(C)N)c2)ccc1CCC(=O)OC. The fourth-order valence-electron chi connectivity index (χ4n) is 2.81. The number of nitrogens with two attached hydrogens (primary N) is 1. The lowest BCUT2D eigenvalue weighted by molar-refractivity contribution is -0.140. The van der Waals surface area contributed by atoms with Gasteiger partial charge in [0.1, 0.15) is 11.5 Å². The van der Waals surface area contributed by atoms with Gasteiger partial charge in [-0.15, -0.1) is 0 Å². The van der Waals surface area contributed by atoms with E-state index in [-0.39, 0.29) is 12.0 Å². The smallest absolute Gasteiger partial charge is 0.305 e. The first-order valence-electron chi connectivity index (χ1n) is 8.66. The molecule has 0 bridgehead atoms. The van der Waals surface area contributed by atoms with Gasteiger partial charge in [-0.05, 0) is 73.2 Å². The number of carbonyl (C=O) groups excluding carboxylic acids is 1. The zero-order valence-corrected chi connectivity index (χ0v) is 15.5. The molecule has 0 saturated heterocycles. The van der Waals surface area contributed by atoms with Gasteiger partial charge in [-0.1, -0.05) is 19.1 Å². The van der Waals surface area contributed by atoms with Crippen molar-refractivity contribution in [2.45, 2.75) is 46.1 Å². The van der Waals surface area contributed by atoms with Crippen LogP contribution in [0.1, 0.15) is 48.6 Å². The molecule has 0 radical (unpaired) electrons. The zero-order chi connectivity index (χ0) is 18.4. The molecule has 0 spiro atoms. The van der Waals surface area contributed by atoms with Crippen molar-refractivity contribution >= 4 is 5.97 Å². The molecule has 134 valence electrons. The van der Waals surface area contributed by atoms with E-state index in [9.17, 15) is 4.79 Å². The number of aryl methyl sites for hydroxylation is 3. The van der Waals surface area contributed by atoms with Gasteiger partial charge in [-0.25, -0.2) is 0 Å². The van der Waals surface area contributed by atoms with Gasteiger partial charge in [-0.3, -0.25) is 4.79 Å². The van der Waals surface area contributed by atoms with E-state index in [0.29, 0.717) is 12.8 Å². The van der Waals surface area contributed by atoms with Crippen LogP contribution in [0, 0.1) is 6.92 Å². The molecular weight excluding hydrogens is 314 g/mol. The lowest BCUT2D eigenvalue weighted by Crippen LogP contribution is -2.05. The van der Waals surface area contributed by atoms with E-state index in [0.717, 1.165) is 34.6 Å². The summed E-state index contributed by atoms with van der Waals surface area (Å²) in [5.41, 5.74) is 10.5. The van der Waals surface area contributed by atoms with Crippen LogP contribution in [0.5, 0.6) is 11.5 Å². The molecule has 0 amide bonds. The summed E-state index contributed by atoms with van der Waals surface area (Å²) in [4.78, 5) is 11.4. The van der Waals surface area contributed by atoms with Gasteiger partial charge in [0.05, 0.1) is 7.11 Å².